The molecule has 0 radical (unpaired) electrons. The molecule has 0 bridgehead atoms. The topological polar surface area (TPSA) is 52.9 Å². The third-order valence-electron chi connectivity index (χ3n) is 3.98. The molecule has 1 aromatic rings. The molecule has 4 heteroatoms. The maximum Gasteiger partial charge on any atom is 0.225 e. The molecule has 1 heterocycles. The van der Waals surface area contributed by atoms with E-state index in [1.807, 2.05) is 0 Å². The van der Waals surface area contributed by atoms with Gasteiger partial charge in [0, 0.05) is 11.3 Å². The van der Waals surface area contributed by atoms with Gasteiger partial charge in [-0.25, -0.2) is 0 Å². The fourth-order valence-corrected chi connectivity index (χ4v) is 3.99. The lowest BCUT2D eigenvalue weighted by molar-refractivity contribution is -0.116. The Morgan fingerprint density at radius 2 is 2.00 bits per heavy atom. The number of nitriles is 1. The number of carbonyl (C=O) groups is 1. The van der Waals surface area contributed by atoms with Crippen LogP contribution < -0.4 is 5.32 Å². The first-order valence-corrected chi connectivity index (χ1v) is 8.78. The van der Waals surface area contributed by atoms with Gasteiger partial charge in [0.05, 0.1) is 5.56 Å². The Hall–Kier alpha value is -1.34. The van der Waals surface area contributed by atoms with Crippen molar-refractivity contribution < 1.29 is 4.79 Å². The molecule has 0 aromatic carbocycles. The van der Waals surface area contributed by atoms with E-state index in [2.05, 4.69) is 25.2 Å². The number of carbonyl (C=O) groups excluding carboxylic acids is 1. The molecule has 2 rings (SSSR count). The van der Waals surface area contributed by atoms with Gasteiger partial charge in [-0.2, -0.15) is 5.26 Å². The average Bonchev–Trinajstić information content (AvgIpc) is 2.72. The van der Waals surface area contributed by atoms with Crippen molar-refractivity contribution in [2.75, 3.05) is 5.32 Å². The second kappa shape index (κ2) is 7.61. The van der Waals surface area contributed by atoms with Crippen molar-refractivity contribution in [2.24, 2.45) is 5.92 Å². The minimum atomic E-state index is 0.0365. The molecule has 0 atom stereocenters. The van der Waals surface area contributed by atoms with E-state index in [0.717, 1.165) is 36.2 Å². The van der Waals surface area contributed by atoms with E-state index in [4.69, 9.17) is 0 Å². The van der Waals surface area contributed by atoms with Crippen LogP contribution in [0.4, 0.5) is 5.00 Å². The number of aryl methyl sites for hydroxylation is 1. The number of rotatable bonds is 4. The zero-order valence-corrected chi connectivity index (χ0v) is 13.8. The Bertz CT molecular complexity index is 540. The highest BCUT2D eigenvalue weighted by Crippen LogP contribution is 2.36. The molecular weight excluding hydrogens is 280 g/mol. The molecule has 0 saturated heterocycles. The van der Waals surface area contributed by atoms with Crippen LogP contribution in [0.1, 0.15) is 68.4 Å². The Labute approximate surface area is 131 Å². The predicted molar refractivity (Wildman–Crippen MR) is 87.6 cm³/mol. The van der Waals surface area contributed by atoms with Gasteiger partial charge in [0.15, 0.2) is 0 Å². The van der Waals surface area contributed by atoms with Crippen molar-refractivity contribution in [3.63, 3.8) is 0 Å². The van der Waals surface area contributed by atoms with Crippen molar-refractivity contribution >= 4 is 22.2 Å². The summed E-state index contributed by atoms with van der Waals surface area (Å²) in [5, 5.41) is 13.2. The first kappa shape index (κ1) is 16.0. The Balaban J connectivity index is 2.14. The summed E-state index contributed by atoms with van der Waals surface area (Å²) in [6.07, 6.45) is 8.32. The highest BCUT2D eigenvalue weighted by Gasteiger charge is 2.20. The number of thiophene rings is 1. The van der Waals surface area contributed by atoms with Gasteiger partial charge in [-0.15, -0.1) is 11.3 Å². The molecule has 3 nitrogen and oxygen atoms in total. The van der Waals surface area contributed by atoms with Crippen molar-refractivity contribution in [2.45, 2.75) is 65.2 Å². The van der Waals surface area contributed by atoms with Gasteiger partial charge >= 0.3 is 0 Å². The normalized spacial score (nSPS) is 15.0. The summed E-state index contributed by atoms with van der Waals surface area (Å²) in [5.41, 5.74) is 1.91. The largest absolute Gasteiger partial charge is 0.317 e. The monoisotopic (exact) mass is 304 g/mol. The van der Waals surface area contributed by atoms with Crippen molar-refractivity contribution in [1.82, 2.24) is 0 Å². The smallest absolute Gasteiger partial charge is 0.225 e. The van der Waals surface area contributed by atoms with Crippen molar-refractivity contribution in [1.29, 1.82) is 5.26 Å². The highest BCUT2D eigenvalue weighted by molar-refractivity contribution is 7.16. The van der Waals surface area contributed by atoms with Crippen LogP contribution in [0.2, 0.25) is 0 Å². The lowest BCUT2D eigenvalue weighted by Gasteiger charge is -2.08. The molecule has 1 aliphatic carbocycles. The third kappa shape index (κ3) is 4.31. The van der Waals surface area contributed by atoms with Crippen LogP contribution in [0.15, 0.2) is 0 Å². The predicted octanol–water partition coefficient (Wildman–Crippen LogP) is 4.65. The van der Waals surface area contributed by atoms with Crippen LogP contribution >= 0.6 is 11.3 Å². The SMILES string of the molecule is CC(C)CCC(=O)Nc1sc2c(c1C#N)CCCCCC2. The number of hydrogen-bond acceptors (Lipinski definition) is 3. The second-order valence-corrected chi connectivity index (χ2v) is 7.32. The molecule has 0 fully saturated rings. The standard InChI is InChI=1S/C17H24N2OS/c1-12(2)9-10-16(20)19-17-14(11-18)13-7-5-3-4-6-8-15(13)21-17/h12H,3-10H2,1-2H3,(H,19,20). The lowest BCUT2D eigenvalue weighted by Crippen LogP contribution is -2.12. The van der Waals surface area contributed by atoms with Gasteiger partial charge in [-0.1, -0.05) is 26.7 Å². The molecule has 1 aromatic heterocycles. The summed E-state index contributed by atoms with van der Waals surface area (Å²) in [7, 11) is 0. The van der Waals surface area contributed by atoms with Gasteiger partial charge in [0.1, 0.15) is 11.1 Å². The quantitative estimate of drug-likeness (QED) is 0.880. The van der Waals surface area contributed by atoms with Crippen LogP contribution in [0.3, 0.4) is 0 Å². The van der Waals surface area contributed by atoms with Gasteiger partial charge in [0.25, 0.3) is 0 Å². The van der Waals surface area contributed by atoms with Crippen LogP contribution in [0.25, 0.3) is 0 Å². The number of amides is 1. The Morgan fingerprint density at radius 3 is 2.67 bits per heavy atom. The summed E-state index contributed by atoms with van der Waals surface area (Å²) < 4.78 is 0. The number of anilines is 1. The zero-order chi connectivity index (χ0) is 15.2. The number of fused-ring (bicyclic) bond motifs is 1. The molecule has 1 N–H and O–H groups in total. The van der Waals surface area contributed by atoms with Gasteiger partial charge in [0.2, 0.25) is 5.91 Å². The first-order chi connectivity index (χ1) is 10.1. The average molecular weight is 304 g/mol. The molecule has 21 heavy (non-hydrogen) atoms. The highest BCUT2D eigenvalue weighted by atomic mass is 32.1. The van der Waals surface area contributed by atoms with Crippen molar-refractivity contribution in [3.8, 4) is 6.07 Å². The number of hydrogen-bond donors (Lipinski definition) is 1. The molecule has 1 amide bonds. The Kier molecular flexibility index (Phi) is 5.81. The lowest BCUT2D eigenvalue weighted by atomic mass is 9.97. The van der Waals surface area contributed by atoms with E-state index < -0.39 is 0 Å². The van der Waals surface area contributed by atoms with Crippen LogP contribution in [-0.4, -0.2) is 5.91 Å². The second-order valence-electron chi connectivity index (χ2n) is 6.21. The Morgan fingerprint density at radius 1 is 1.29 bits per heavy atom. The van der Waals surface area contributed by atoms with Crippen LogP contribution in [-0.2, 0) is 17.6 Å². The third-order valence-corrected chi connectivity index (χ3v) is 5.19. The van der Waals surface area contributed by atoms with Gasteiger partial charge in [-0.3, -0.25) is 4.79 Å². The molecule has 0 aliphatic heterocycles. The van der Waals surface area contributed by atoms with Crippen LogP contribution in [0.5, 0.6) is 0 Å². The van der Waals surface area contributed by atoms with E-state index in [9.17, 15) is 10.1 Å². The fraction of sp³-hybridized carbons (Fsp3) is 0.647. The summed E-state index contributed by atoms with van der Waals surface area (Å²) in [6.45, 7) is 4.23. The van der Waals surface area contributed by atoms with E-state index in [-0.39, 0.29) is 5.91 Å². The van der Waals surface area contributed by atoms with E-state index >= 15 is 0 Å². The van der Waals surface area contributed by atoms with Crippen LogP contribution in [0, 0.1) is 17.2 Å². The molecule has 0 saturated carbocycles. The molecule has 0 unspecified atom stereocenters. The maximum absolute atomic E-state index is 12.0. The summed E-state index contributed by atoms with van der Waals surface area (Å²) in [6, 6.07) is 2.32. The fourth-order valence-electron chi connectivity index (χ4n) is 2.73. The molecule has 1 aliphatic rings. The van der Waals surface area contributed by atoms with Crippen molar-refractivity contribution in [3.05, 3.63) is 16.0 Å². The summed E-state index contributed by atoms with van der Waals surface area (Å²) in [4.78, 5) is 13.3. The molecule has 0 spiro atoms. The van der Waals surface area contributed by atoms with E-state index in [1.165, 1.54) is 29.7 Å². The van der Waals surface area contributed by atoms with E-state index in [1.54, 1.807) is 11.3 Å². The van der Waals surface area contributed by atoms with E-state index in [0.29, 0.717) is 12.3 Å². The summed E-state index contributed by atoms with van der Waals surface area (Å²) in [5.74, 6) is 0.559. The number of nitrogens with zero attached hydrogens (tertiary/aromatic N) is 1. The minimum Gasteiger partial charge on any atom is -0.317 e. The summed E-state index contributed by atoms with van der Waals surface area (Å²) >= 11 is 1.62. The molecular formula is C17H24N2OS. The molecule has 114 valence electrons. The van der Waals surface area contributed by atoms with Gasteiger partial charge in [-0.05, 0) is 43.6 Å². The zero-order valence-electron chi connectivity index (χ0n) is 13.0. The first-order valence-electron chi connectivity index (χ1n) is 7.96. The maximum atomic E-state index is 12.0. The number of nitrogens with one attached hydrogen (secondary N) is 1. The minimum absolute atomic E-state index is 0.0365. The van der Waals surface area contributed by atoms with Gasteiger partial charge < -0.3 is 5.32 Å².